The minimum absolute atomic E-state index is 0.0120. The monoisotopic (exact) mass is 217 g/mol. The molecule has 1 heterocycles. The molecule has 0 atom stereocenters. The topological polar surface area (TPSA) is 60.9 Å². The van der Waals surface area contributed by atoms with Crippen LogP contribution in [0.2, 0.25) is 0 Å². The Morgan fingerprint density at radius 1 is 1.91 bits per heavy atom. The summed E-state index contributed by atoms with van der Waals surface area (Å²) in [5, 5.41) is 3.88. The van der Waals surface area contributed by atoms with Gasteiger partial charge in [0, 0.05) is 7.05 Å². The lowest BCUT2D eigenvalue weighted by Crippen LogP contribution is -2.17. The highest BCUT2D eigenvalue weighted by atomic mass is 79.9. The third kappa shape index (κ3) is 1.49. The third-order valence-corrected chi connectivity index (χ3v) is 1.92. The molecule has 0 bridgehead atoms. The van der Waals surface area contributed by atoms with Gasteiger partial charge in [-0.15, -0.1) is 0 Å². The average Bonchev–Trinajstić information content (AvgIpc) is 2.30. The molecule has 4 nitrogen and oxygen atoms in total. The second-order valence-corrected chi connectivity index (χ2v) is 2.95. The molecule has 1 aromatic rings. The summed E-state index contributed by atoms with van der Waals surface area (Å²) in [7, 11) is 1.70. The van der Waals surface area contributed by atoms with Crippen molar-refractivity contribution in [3.05, 3.63) is 16.4 Å². The van der Waals surface area contributed by atoms with E-state index in [4.69, 9.17) is 5.73 Å². The van der Waals surface area contributed by atoms with Gasteiger partial charge >= 0.3 is 0 Å². The van der Waals surface area contributed by atoms with Gasteiger partial charge in [0.25, 0.3) is 0 Å². The van der Waals surface area contributed by atoms with Crippen molar-refractivity contribution in [2.45, 2.75) is 0 Å². The van der Waals surface area contributed by atoms with Crippen molar-refractivity contribution in [1.82, 2.24) is 9.78 Å². The summed E-state index contributed by atoms with van der Waals surface area (Å²) in [6, 6.07) is 0. The zero-order valence-corrected chi connectivity index (χ0v) is 7.63. The Kier molecular flexibility index (Phi) is 2.41. The van der Waals surface area contributed by atoms with Crippen LogP contribution in [0.5, 0.6) is 0 Å². The van der Waals surface area contributed by atoms with Crippen LogP contribution < -0.4 is 5.73 Å². The quantitative estimate of drug-likeness (QED) is 0.727. The van der Waals surface area contributed by atoms with Crippen LogP contribution in [-0.4, -0.2) is 22.1 Å². The van der Waals surface area contributed by atoms with E-state index in [0.29, 0.717) is 10.2 Å². The number of nitrogens with zero attached hydrogens (tertiary/aromatic N) is 2. The molecule has 0 aliphatic rings. The minimum atomic E-state index is -0.114. The molecule has 0 aliphatic carbocycles. The number of ketones is 1. The largest absolute Gasteiger partial charge is 0.324 e. The Labute approximate surface area is 72.5 Å². The van der Waals surface area contributed by atoms with Crippen molar-refractivity contribution in [1.29, 1.82) is 0 Å². The van der Waals surface area contributed by atoms with E-state index in [9.17, 15) is 4.79 Å². The molecule has 0 saturated heterocycles. The highest BCUT2D eigenvalue weighted by Gasteiger charge is 2.12. The number of aromatic nitrogens is 2. The summed E-state index contributed by atoms with van der Waals surface area (Å²) < 4.78 is 2.19. The fraction of sp³-hybridized carbons (Fsp3) is 0.333. The first-order chi connectivity index (χ1) is 5.16. The number of halogens is 1. The van der Waals surface area contributed by atoms with Crippen LogP contribution in [0.1, 0.15) is 10.5 Å². The fourth-order valence-electron chi connectivity index (χ4n) is 0.821. The Morgan fingerprint density at radius 3 is 2.91 bits per heavy atom. The average molecular weight is 218 g/mol. The van der Waals surface area contributed by atoms with Gasteiger partial charge in [-0.05, 0) is 15.9 Å². The van der Waals surface area contributed by atoms with Crippen LogP contribution in [0.4, 0.5) is 0 Å². The van der Waals surface area contributed by atoms with Crippen molar-refractivity contribution in [2.75, 3.05) is 6.54 Å². The van der Waals surface area contributed by atoms with Gasteiger partial charge < -0.3 is 5.73 Å². The molecule has 0 fully saturated rings. The number of carbonyl (C=O) groups is 1. The lowest BCUT2D eigenvalue weighted by atomic mass is 10.3. The number of aryl methyl sites for hydroxylation is 1. The maximum Gasteiger partial charge on any atom is 0.195 e. The minimum Gasteiger partial charge on any atom is -0.324 e. The van der Waals surface area contributed by atoms with Crippen LogP contribution in [-0.2, 0) is 7.05 Å². The Morgan fingerprint density at radius 2 is 2.55 bits per heavy atom. The van der Waals surface area contributed by atoms with E-state index in [0.717, 1.165) is 0 Å². The van der Waals surface area contributed by atoms with Gasteiger partial charge in [0.05, 0.1) is 17.2 Å². The van der Waals surface area contributed by atoms with E-state index in [1.54, 1.807) is 13.2 Å². The normalized spacial score (nSPS) is 10.1. The summed E-state index contributed by atoms with van der Waals surface area (Å²) in [5.41, 5.74) is 5.71. The molecule has 60 valence electrons. The van der Waals surface area contributed by atoms with Gasteiger partial charge in [-0.25, -0.2) is 0 Å². The number of hydrogen-bond acceptors (Lipinski definition) is 3. The maximum absolute atomic E-state index is 11.1. The Hall–Kier alpha value is -0.680. The van der Waals surface area contributed by atoms with Gasteiger partial charge in [-0.3, -0.25) is 9.48 Å². The molecule has 0 radical (unpaired) electrons. The Bertz CT molecular complexity index is 262. The first-order valence-corrected chi connectivity index (χ1v) is 3.87. The second kappa shape index (κ2) is 3.15. The predicted octanol–water partition coefficient (Wildman–Crippen LogP) is 0.324. The third-order valence-electron chi connectivity index (χ3n) is 1.34. The standard InChI is InChI=1S/C6H8BrN3O/c1-10-6(5(11)2-8)4(7)3-9-10/h3H,2,8H2,1H3. The van der Waals surface area contributed by atoms with Crippen molar-refractivity contribution in [3.63, 3.8) is 0 Å². The van der Waals surface area contributed by atoms with Crippen molar-refractivity contribution < 1.29 is 4.79 Å². The van der Waals surface area contributed by atoms with E-state index in [1.165, 1.54) is 4.68 Å². The van der Waals surface area contributed by atoms with Crippen molar-refractivity contribution >= 4 is 21.7 Å². The molecule has 0 amide bonds. The zero-order chi connectivity index (χ0) is 8.43. The number of nitrogens with two attached hydrogens (primary N) is 1. The lowest BCUT2D eigenvalue weighted by Gasteiger charge is -1.97. The van der Waals surface area contributed by atoms with Crippen molar-refractivity contribution in [3.8, 4) is 0 Å². The number of rotatable bonds is 2. The van der Waals surface area contributed by atoms with Gasteiger partial charge in [0.2, 0.25) is 0 Å². The molecule has 0 aromatic carbocycles. The highest BCUT2D eigenvalue weighted by Crippen LogP contribution is 2.14. The summed E-state index contributed by atoms with van der Waals surface area (Å²) >= 11 is 3.20. The molecule has 0 spiro atoms. The van der Waals surface area contributed by atoms with E-state index in [-0.39, 0.29) is 12.3 Å². The fourth-order valence-corrected chi connectivity index (χ4v) is 1.39. The molecule has 1 rings (SSSR count). The SMILES string of the molecule is Cn1ncc(Br)c1C(=O)CN. The maximum atomic E-state index is 11.1. The van der Waals surface area contributed by atoms with Crippen LogP contribution in [0, 0.1) is 0 Å². The van der Waals surface area contributed by atoms with Gasteiger partial charge in [-0.1, -0.05) is 0 Å². The summed E-state index contributed by atoms with van der Waals surface area (Å²) in [6.45, 7) is 0.0120. The number of Topliss-reactive ketones (excluding diaryl/α,β-unsaturated/α-hetero) is 1. The van der Waals surface area contributed by atoms with Crippen LogP contribution in [0.3, 0.4) is 0 Å². The first kappa shape index (κ1) is 8.42. The number of hydrogen-bond donors (Lipinski definition) is 1. The molecule has 0 saturated carbocycles. The van der Waals surface area contributed by atoms with E-state index in [2.05, 4.69) is 21.0 Å². The van der Waals surface area contributed by atoms with E-state index in [1.807, 2.05) is 0 Å². The molecule has 0 aliphatic heterocycles. The molecule has 5 heteroatoms. The molecule has 11 heavy (non-hydrogen) atoms. The lowest BCUT2D eigenvalue weighted by molar-refractivity contribution is 0.0992. The van der Waals surface area contributed by atoms with Gasteiger partial charge in [-0.2, -0.15) is 5.10 Å². The molecular weight excluding hydrogens is 210 g/mol. The van der Waals surface area contributed by atoms with Crippen LogP contribution >= 0.6 is 15.9 Å². The van der Waals surface area contributed by atoms with Gasteiger partial charge in [0.15, 0.2) is 5.78 Å². The number of carbonyl (C=O) groups excluding carboxylic acids is 1. The summed E-state index contributed by atoms with van der Waals surface area (Å²) in [4.78, 5) is 11.1. The molecular formula is C6H8BrN3O. The van der Waals surface area contributed by atoms with Crippen LogP contribution in [0.15, 0.2) is 10.7 Å². The highest BCUT2D eigenvalue weighted by molar-refractivity contribution is 9.10. The molecule has 0 unspecified atom stereocenters. The van der Waals surface area contributed by atoms with Gasteiger partial charge in [0.1, 0.15) is 5.69 Å². The smallest absolute Gasteiger partial charge is 0.195 e. The summed E-state index contributed by atoms with van der Waals surface area (Å²) in [6.07, 6.45) is 1.57. The second-order valence-electron chi connectivity index (χ2n) is 2.09. The summed E-state index contributed by atoms with van der Waals surface area (Å²) in [5.74, 6) is -0.114. The predicted molar refractivity (Wildman–Crippen MR) is 44.3 cm³/mol. The van der Waals surface area contributed by atoms with E-state index < -0.39 is 0 Å². The first-order valence-electron chi connectivity index (χ1n) is 3.07. The molecule has 1 aromatic heterocycles. The van der Waals surface area contributed by atoms with E-state index >= 15 is 0 Å². The van der Waals surface area contributed by atoms with Crippen LogP contribution in [0.25, 0.3) is 0 Å². The zero-order valence-electron chi connectivity index (χ0n) is 6.04. The van der Waals surface area contributed by atoms with Crippen molar-refractivity contribution in [2.24, 2.45) is 12.8 Å². The molecule has 2 N–H and O–H groups in total. The Balaban J connectivity index is 3.10.